The molecule has 0 aromatic heterocycles. The number of amides is 1. The van der Waals surface area contributed by atoms with E-state index in [0.717, 1.165) is 21.8 Å². The summed E-state index contributed by atoms with van der Waals surface area (Å²) in [4.78, 5) is 12.7. The van der Waals surface area contributed by atoms with Crippen LogP contribution in [0.4, 0.5) is 18.9 Å². The molecule has 3 aromatic carbocycles. The zero-order valence-corrected chi connectivity index (χ0v) is 16.6. The van der Waals surface area contributed by atoms with Crippen molar-refractivity contribution in [3.05, 3.63) is 71.8 Å². The van der Waals surface area contributed by atoms with Gasteiger partial charge in [-0.15, -0.1) is 0 Å². The van der Waals surface area contributed by atoms with E-state index < -0.39 is 40.3 Å². The maximum Gasteiger partial charge on any atom is 0.416 e. The third-order valence-electron chi connectivity index (χ3n) is 5.06. The van der Waals surface area contributed by atoms with Crippen LogP contribution in [0.15, 0.2) is 65.6 Å². The van der Waals surface area contributed by atoms with Gasteiger partial charge in [-0.2, -0.15) is 13.2 Å². The minimum absolute atomic E-state index is 0.134. The second-order valence-electron chi connectivity index (χ2n) is 7.06. The average molecular weight is 434 g/mol. The van der Waals surface area contributed by atoms with Crippen LogP contribution in [0.25, 0.3) is 10.8 Å². The topological polar surface area (TPSA) is 66.5 Å². The van der Waals surface area contributed by atoms with E-state index in [1.165, 1.54) is 18.2 Å². The van der Waals surface area contributed by atoms with Crippen molar-refractivity contribution in [1.82, 2.24) is 5.32 Å². The highest BCUT2D eigenvalue weighted by atomic mass is 32.2. The lowest BCUT2D eigenvalue weighted by molar-refractivity contribution is -0.137. The third kappa shape index (κ3) is 3.39. The number of sulfonamides is 1. The fourth-order valence-corrected chi connectivity index (χ4v) is 5.28. The molecule has 1 atom stereocenters. The van der Waals surface area contributed by atoms with Gasteiger partial charge in [-0.25, -0.2) is 8.42 Å². The van der Waals surface area contributed by atoms with Crippen LogP contribution in [0.5, 0.6) is 0 Å². The van der Waals surface area contributed by atoms with Gasteiger partial charge in [-0.1, -0.05) is 36.4 Å². The van der Waals surface area contributed by atoms with Gasteiger partial charge in [0.2, 0.25) is 5.91 Å². The van der Waals surface area contributed by atoms with Crippen LogP contribution in [0.2, 0.25) is 0 Å². The van der Waals surface area contributed by atoms with Crippen molar-refractivity contribution in [1.29, 1.82) is 0 Å². The van der Waals surface area contributed by atoms with Crippen LogP contribution < -0.4 is 9.62 Å². The van der Waals surface area contributed by atoms with Crippen LogP contribution in [0.1, 0.15) is 24.1 Å². The number of carbonyl (C=O) groups excluding carboxylic acids is 1. The standard InChI is InChI=1S/C21H17F3N2O3S/c1-13(15-7-2-8-16(11-15)21(22,23)24)25-19(27)12-26-17-9-3-5-14-6-4-10-18(20(14)17)30(26,28)29/h2-11,13H,12H2,1H3,(H,25,27)/t13-/m0/s1. The van der Waals surface area contributed by atoms with Gasteiger partial charge in [0.15, 0.2) is 0 Å². The molecule has 0 radical (unpaired) electrons. The Kier molecular flexibility index (Phi) is 4.73. The highest BCUT2D eigenvalue weighted by molar-refractivity contribution is 7.93. The summed E-state index contributed by atoms with van der Waals surface area (Å²) >= 11 is 0. The first kappa shape index (κ1) is 20.2. The van der Waals surface area contributed by atoms with E-state index in [1.807, 2.05) is 0 Å². The SMILES string of the molecule is C[C@H](NC(=O)CN1c2cccc3cccc(c23)S1(=O)=O)c1cccc(C(F)(F)F)c1. The Balaban J connectivity index is 1.56. The Morgan fingerprint density at radius 3 is 2.43 bits per heavy atom. The molecule has 1 N–H and O–H groups in total. The van der Waals surface area contributed by atoms with Gasteiger partial charge in [-0.05, 0) is 42.1 Å². The van der Waals surface area contributed by atoms with E-state index in [4.69, 9.17) is 0 Å². The second kappa shape index (κ2) is 7.02. The Morgan fingerprint density at radius 2 is 1.73 bits per heavy atom. The summed E-state index contributed by atoms with van der Waals surface area (Å²) in [5.74, 6) is -0.617. The number of alkyl halides is 3. The van der Waals surface area contributed by atoms with Crippen LogP contribution in [-0.4, -0.2) is 20.9 Å². The number of rotatable bonds is 4. The fraction of sp³-hybridized carbons (Fsp3) is 0.190. The van der Waals surface area contributed by atoms with Gasteiger partial charge in [0.1, 0.15) is 6.54 Å². The molecule has 0 saturated heterocycles. The summed E-state index contributed by atoms with van der Waals surface area (Å²) in [6, 6.07) is 14.0. The molecule has 1 heterocycles. The highest BCUT2D eigenvalue weighted by Crippen LogP contribution is 2.41. The molecule has 0 aliphatic carbocycles. The first-order chi connectivity index (χ1) is 14.1. The van der Waals surface area contributed by atoms with E-state index in [9.17, 15) is 26.4 Å². The van der Waals surface area contributed by atoms with Gasteiger partial charge in [0.25, 0.3) is 10.0 Å². The van der Waals surface area contributed by atoms with Crippen molar-refractivity contribution in [3.63, 3.8) is 0 Å². The number of hydrogen-bond donors (Lipinski definition) is 1. The van der Waals surface area contributed by atoms with Crippen molar-refractivity contribution in [2.45, 2.75) is 24.0 Å². The largest absolute Gasteiger partial charge is 0.416 e. The van der Waals surface area contributed by atoms with E-state index in [0.29, 0.717) is 11.1 Å². The van der Waals surface area contributed by atoms with Crippen LogP contribution in [0.3, 0.4) is 0 Å². The van der Waals surface area contributed by atoms with Gasteiger partial charge >= 0.3 is 6.18 Å². The number of anilines is 1. The molecule has 9 heteroatoms. The van der Waals surface area contributed by atoms with Crippen LogP contribution >= 0.6 is 0 Å². The molecule has 0 fully saturated rings. The Hall–Kier alpha value is -3.07. The van der Waals surface area contributed by atoms with Crippen molar-refractivity contribution in [2.75, 3.05) is 10.8 Å². The molecule has 0 bridgehead atoms. The monoisotopic (exact) mass is 434 g/mol. The number of nitrogens with zero attached hydrogens (tertiary/aromatic N) is 1. The quantitative estimate of drug-likeness (QED) is 0.668. The average Bonchev–Trinajstić information content (AvgIpc) is 2.91. The molecule has 4 rings (SSSR count). The summed E-state index contributed by atoms with van der Waals surface area (Å²) in [6.45, 7) is 1.07. The molecule has 0 saturated carbocycles. The van der Waals surface area contributed by atoms with Crippen LogP contribution in [0, 0.1) is 0 Å². The number of carbonyl (C=O) groups is 1. The summed E-state index contributed by atoms with van der Waals surface area (Å²) in [7, 11) is -3.90. The number of nitrogens with one attached hydrogen (secondary N) is 1. The third-order valence-corrected chi connectivity index (χ3v) is 6.86. The first-order valence-electron chi connectivity index (χ1n) is 9.10. The van der Waals surface area contributed by atoms with Crippen LogP contribution in [-0.2, 0) is 21.0 Å². The molecule has 0 spiro atoms. The van der Waals surface area contributed by atoms with E-state index in [2.05, 4.69) is 5.32 Å². The van der Waals surface area contributed by atoms with E-state index in [-0.39, 0.29) is 10.5 Å². The lowest BCUT2D eigenvalue weighted by Crippen LogP contribution is -2.39. The van der Waals surface area contributed by atoms with Crippen molar-refractivity contribution >= 4 is 32.4 Å². The normalized spacial score (nSPS) is 15.9. The zero-order chi connectivity index (χ0) is 21.7. The van der Waals surface area contributed by atoms with E-state index in [1.54, 1.807) is 37.3 Å². The molecular formula is C21H17F3N2O3S. The van der Waals surface area contributed by atoms with Gasteiger partial charge in [0.05, 0.1) is 22.2 Å². The Labute approximate surface area is 171 Å². The maximum absolute atomic E-state index is 12.9. The fourth-order valence-electron chi connectivity index (χ4n) is 3.61. The van der Waals surface area contributed by atoms with Gasteiger partial charge in [0, 0.05) is 5.39 Å². The second-order valence-corrected chi connectivity index (χ2v) is 8.89. The molecule has 3 aromatic rings. The number of benzene rings is 3. The summed E-state index contributed by atoms with van der Waals surface area (Å²) < 4.78 is 65.7. The minimum Gasteiger partial charge on any atom is -0.348 e. The summed E-state index contributed by atoms with van der Waals surface area (Å²) in [5.41, 5.74) is -0.136. The molecule has 156 valence electrons. The highest BCUT2D eigenvalue weighted by Gasteiger charge is 2.37. The lowest BCUT2D eigenvalue weighted by Gasteiger charge is -2.21. The molecule has 5 nitrogen and oxygen atoms in total. The molecule has 1 amide bonds. The molecule has 30 heavy (non-hydrogen) atoms. The van der Waals surface area contributed by atoms with Gasteiger partial charge in [-0.3, -0.25) is 9.10 Å². The van der Waals surface area contributed by atoms with Crippen molar-refractivity contribution < 1.29 is 26.4 Å². The Bertz CT molecular complexity index is 1250. The van der Waals surface area contributed by atoms with Gasteiger partial charge < -0.3 is 5.32 Å². The Morgan fingerprint density at radius 1 is 1.07 bits per heavy atom. The lowest BCUT2D eigenvalue weighted by atomic mass is 10.0. The smallest absolute Gasteiger partial charge is 0.348 e. The molecular weight excluding hydrogens is 417 g/mol. The van der Waals surface area contributed by atoms with E-state index >= 15 is 0 Å². The number of halogens is 3. The predicted octanol–water partition coefficient (Wildman–Crippen LogP) is 4.24. The molecule has 1 aliphatic rings. The zero-order valence-electron chi connectivity index (χ0n) is 15.8. The van der Waals surface area contributed by atoms with Crippen molar-refractivity contribution in [2.24, 2.45) is 0 Å². The van der Waals surface area contributed by atoms with Crippen molar-refractivity contribution in [3.8, 4) is 0 Å². The minimum atomic E-state index is -4.49. The first-order valence-corrected chi connectivity index (χ1v) is 10.5. The molecule has 0 unspecified atom stereocenters. The summed E-state index contributed by atoms with van der Waals surface area (Å²) in [5, 5.41) is 3.88. The summed E-state index contributed by atoms with van der Waals surface area (Å²) in [6.07, 6.45) is -4.49. The molecule has 1 aliphatic heterocycles. The maximum atomic E-state index is 12.9. The predicted molar refractivity (Wildman–Crippen MR) is 106 cm³/mol. The number of hydrogen-bond acceptors (Lipinski definition) is 3.